The average molecular weight is 265 g/mol. The summed E-state index contributed by atoms with van der Waals surface area (Å²) in [5.74, 6) is 1.69. The Morgan fingerprint density at radius 1 is 1.21 bits per heavy atom. The van der Waals surface area contributed by atoms with E-state index in [1.54, 1.807) is 11.9 Å². The second kappa shape index (κ2) is 5.12. The molecule has 5 nitrogen and oxygen atoms in total. The van der Waals surface area contributed by atoms with Crippen molar-refractivity contribution in [1.29, 1.82) is 0 Å². The van der Waals surface area contributed by atoms with Crippen molar-refractivity contribution >= 4 is 11.8 Å². The fourth-order valence-electron chi connectivity index (χ4n) is 3.73. The number of carbonyl (C=O) groups is 2. The maximum Gasteiger partial charge on any atom is 0.227 e. The summed E-state index contributed by atoms with van der Waals surface area (Å²) in [6, 6.07) is 0. The van der Waals surface area contributed by atoms with Gasteiger partial charge < -0.3 is 15.1 Å². The number of rotatable bonds is 1. The van der Waals surface area contributed by atoms with Gasteiger partial charge in [0.05, 0.1) is 5.92 Å². The van der Waals surface area contributed by atoms with E-state index in [1.165, 1.54) is 0 Å². The van der Waals surface area contributed by atoms with Crippen LogP contribution in [-0.4, -0.2) is 61.4 Å². The first-order valence-corrected chi connectivity index (χ1v) is 7.38. The molecule has 0 spiro atoms. The zero-order valence-electron chi connectivity index (χ0n) is 11.6. The van der Waals surface area contributed by atoms with E-state index >= 15 is 0 Å². The van der Waals surface area contributed by atoms with E-state index in [9.17, 15) is 9.59 Å². The highest BCUT2D eigenvalue weighted by atomic mass is 16.2. The third kappa shape index (κ3) is 2.48. The summed E-state index contributed by atoms with van der Waals surface area (Å²) in [5.41, 5.74) is 0. The molecule has 3 fully saturated rings. The molecule has 0 bridgehead atoms. The predicted octanol–water partition coefficient (Wildman–Crippen LogP) is -0.0773. The molecule has 2 amide bonds. The van der Waals surface area contributed by atoms with Crippen molar-refractivity contribution in [3.8, 4) is 0 Å². The van der Waals surface area contributed by atoms with Gasteiger partial charge in [0.1, 0.15) is 0 Å². The molecule has 3 aliphatic heterocycles. The van der Waals surface area contributed by atoms with Crippen LogP contribution in [-0.2, 0) is 9.59 Å². The van der Waals surface area contributed by atoms with Crippen LogP contribution in [0.4, 0.5) is 0 Å². The number of hydrogen-bond acceptors (Lipinski definition) is 3. The summed E-state index contributed by atoms with van der Waals surface area (Å²) in [6.07, 6.45) is 2.63. The van der Waals surface area contributed by atoms with Gasteiger partial charge in [-0.2, -0.15) is 0 Å². The molecule has 1 unspecified atom stereocenters. The number of amides is 2. The van der Waals surface area contributed by atoms with E-state index in [-0.39, 0.29) is 17.7 Å². The van der Waals surface area contributed by atoms with Crippen LogP contribution in [0.3, 0.4) is 0 Å². The second-order valence-corrected chi connectivity index (χ2v) is 6.26. The summed E-state index contributed by atoms with van der Waals surface area (Å²) in [4.78, 5) is 27.7. The maximum absolute atomic E-state index is 12.5. The van der Waals surface area contributed by atoms with Crippen molar-refractivity contribution in [3.63, 3.8) is 0 Å². The van der Waals surface area contributed by atoms with E-state index in [0.29, 0.717) is 13.0 Å². The maximum atomic E-state index is 12.5. The summed E-state index contributed by atoms with van der Waals surface area (Å²) in [6.45, 7) is 4.56. The van der Waals surface area contributed by atoms with E-state index in [1.807, 2.05) is 4.90 Å². The van der Waals surface area contributed by atoms with Gasteiger partial charge >= 0.3 is 0 Å². The standard InChI is InChI=1S/C14H23N3O2/c1-16-9-12(6-13(16)18)14(19)17-4-2-10-7-15-8-11(10)3-5-17/h10-12,15H,2-9H2,1H3/t10-,11+,12?. The Kier molecular flexibility index (Phi) is 3.48. The minimum absolute atomic E-state index is 0.103. The van der Waals surface area contributed by atoms with Gasteiger partial charge in [0.25, 0.3) is 0 Å². The number of likely N-dealkylation sites (tertiary alicyclic amines) is 2. The minimum atomic E-state index is -0.103. The Labute approximate surface area is 114 Å². The van der Waals surface area contributed by atoms with Gasteiger partial charge in [-0.15, -0.1) is 0 Å². The number of fused-ring (bicyclic) bond motifs is 1. The van der Waals surface area contributed by atoms with Gasteiger partial charge in [0.2, 0.25) is 11.8 Å². The zero-order chi connectivity index (χ0) is 13.4. The van der Waals surface area contributed by atoms with Crippen LogP contribution in [0.25, 0.3) is 0 Å². The number of nitrogens with zero attached hydrogens (tertiary/aromatic N) is 2. The highest BCUT2D eigenvalue weighted by Crippen LogP contribution is 2.28. The average Bonchev–Trinajstić information content (AvgIpc) is 2.91. The van der Waals surface area contributed by atoms with Gasteiger partial charge in [0, 0.05) is 33.1 Å². The lowest BCUT2D eigenvalue weighted by atomic mass is 9.92. The molecule has 0 aromatic rings. The highest BCUT2D eigenvalue weighted by Gasteiger charge is 2.37. The van der Waals surface area contributed by atoms with Crippen LogP contribution in [0.2, 0.25) is 0 Å². The molecule has 0 saturated carbocycles. The molecule has 3 rings (SSSR count). The molecule has 3 heterocycles. The normalized spacial score (nSPS) is 35.4. The Balaban J connectivity index is 1.60. The summed E-state index contributed by atoms with van der Waals surface area (Å²) >= 11 is 0. The van der Waals surface area contributed by atoms with Crippen LogP contribution in [0.15, 0.2) is 0 Å². The van der Waals surface area contributed by atoms with Crippen molar-refractivity contribution in [2.45, 2.75) is 19.3 Å². The van der Waals surface area contributed by atoms with E-state index in [2.05, 4.69) is 5.32 Å². The van der Waals surface area contributed by atoms with Crippen molar-refractivity contribution in [2.75, 3.05) is 39.8 Å². The van der Waals surface area contributed by atoms with Crippen molar-refractivity contribution < 1.29 is 9.59 Å². The van der Waals surface area contributed by atoms with Crippen LogP contribution in [0.1, 0.15) is 19.3 Å². The SMILES string of the molecule is CN1CC(C(=O)N2CC[C@@H]3CNC[C@@H]3CC2)CC1=O. The summed E-state index contributed by atoms with van der Waals surface area (Å²) in [5, 5.41) is 3.45. The quantitative estimate of drug-likeness (QED) is 0.722. The lowest BCUT2D eigenvalue weighted by Gasteiger charge is -2.24. The Morgan fingerprint density at radius 3 is 2.37 bits per heavy atom. The molecule has 19 heavy (non-hydrogen) atoms. The molecule has 1 N–H and O–H groups in total. The smallest absolute Gasteiger partial charge is 0.227 e. The molecule has 106 valence electrons. The topological polar surface area (TPSA) is 52.7 Å². The first-order chi connectivity index (χ1) is 9.15. The molecule has 0 radical (unpaired) electrons. The molecule has 0 aromatic heterocycles. The van der Waals surface area contributed by atoms with Crippen molar-refractivity contribution in [2.24, 2.45) is 17.8 Å². The van der Waals surface area contributed by atoms with Crippen molar-refractivity contribution in [3.05, 3.63) is 0 Å². The van der Waals surface area contributed by atoms with E-state index in [4.69, 9.17) is 0 Å². The first-order valence-electron chi connectivity index (χ1n) is 7.38. The van der Waals surface area contributed by atoms with Crippen LogP contribution in [0.5, 0.6) is 0 Å². The van der Waals surface area contributed by atoms with Crippen LogP contribution < -0.4 is 5.32 Å². The highest BCUT2D eigenvalue weighted by molar-refractivity contribution is 5.89. The van der Waals surface area contributed by atoms with E-state index < -0.39 is 0 Å². The molecular weight excluding hydrogens is 242 g/mol. The minimum Gasteiger partial charge on any atom is -0.345 e. The number of hydrogen-bond donors (Lipinski definition) is 1. The molecular formula is C14H23N3O2. The lowest BCUT2D eigenvalue weighted by molar-refractivity contribution is -0.135. The Morgan fingerprint density at radius 2 is 1.84 bits per heavy atom. The molecule has 0 aliphatic carbocycles. The van der Waals surface area contributed by atoms with Gasteiger partial charge in [-0.3, -0.25) is 9.59 Å². The molecule has 3 aliphatic rings. The van der Waals surface area contributed by atoms with Crippen LogP contribution >= 0.6 is 0 Å². The van der Waals surface area contributed by atoms with Gasteiger partial charge in [0.15, 0.2) is 0 Å². The monoisotopic (exact) mass is 265 g/mol. The second-order valence-electron chi connectivity index (χ2n) is 6.26. The number of carbonyl (C=O) groups excluding carboxylic acids is 2. The third-order valence-corrected chi connectivity index (χ3v) is 5.02. The molecule has 3 saturated heterocycles. The summed E-state index contributed by atoms with van der Waals surface area (Å²) < 4.78 is 0. The Hall–Kier alpha value is -1.10. The molecule has 0 aromatic carbocycles. The van der Waals surface area contributed by atoms with Gasteiger partial charge in [-0.1, -0.05) is 0 Å². The third-order valence-electron chi connectivity index (χ3n) is 5.02. The van der Waals surface area contributed by atoms with Crippen LogP contribution in [0, 0.1) is 17.8 Å². The lowest BCUT2D eigenvalue weighted by Crippen LogP contribution is -2.38. The zero-order valence-corrected chi connectivity index (χ0v) is 11.6. The van der Waals surface area contributed by atoms with Gasteiger partial charge in [-0.25, -0.2) is 0 Å². The fraction of sp³-hybridized carbons (Fsp3) is 0.857. The Bertz CT molecular complexity index is 371. The predicted molar refractivity (Wildman–Crippen MR) is 71.4 cm³/mol. The fourth-order valence-corrected chi connectivity index (χ4v) is 3.73. The number of nitrogens with one attached hydrogen (secondary N) is 1. The molecule has 5 heteroatoms. The molecule has 3 atom stereocenters. The van der Waals surface area contributed by atoms with Gasteiger partial charge in [-0.05, 0) is 37.8 Å². The summed E-state index contributed by atoms with van der Waals surface area (Å²) in [7, 11) is 1.79. The van der Waals surface area contributed by atoms with E-state index in [0.717, 1.165) is 50.9 Å². The van der Waals surface area contributed by atoms with Crippen molar-refractivity contribution in [1.82, 2.24) is 15.1 Å². The first kappa shape index (κ1) is 12.9. The largest absolute Gasteiger partial charge is 0.345 e.